The fourth-order valence-electron chi connectivity index (χ4n) is 2.94. The summed E-state index contributed by atoms with van der Waals surface area (Å²) in [4.78, 5) is 14.6. The third kappa shape index (κ3) is 4.38. The predicted molar refractivity (Wildman–Crippen MR) is 97.3 cm³/mol. The van der Waals surface area contributed by atoms with Gasteiger partial charge in [0.15, 0.2) is 0 Å². The molecule has 10 nitrogen and oxygen atoms in total. The van der Waals surface area contributed by atoms with Crippen molar-refractivity contribution in [3.05, 3.63) is 33.6 Å². The first kappa shape index (κ1) is 18.3. The molecule has 0 bridgehead atoms. The number of anilines is 1. The SMILES string of the molecule is Cn1nc(N)cc1CN1CCC1.Cn1nc([N+](=O)[O-])cc1CN1CCC1. The topological polar surface area (TPSA) is 111 Å². The molecule has 2 N–H and O–H groups in total. The van der Waals surface area contributed by atoms with Crippen LogP contribution in [-0.4, -0.2) is 60.5 Å². The van der Waals surface area contributed by atoms with E-state index in [9.17, 15) is 10.1 Å². The van der Waals surface area contributed by atoms with Gasteiger partial charge in [0.1, 0.15) is 5.82 Å². The van der Waals surface area contributed by atoms with Crippen LogP contribution in [0.25, 0.3) is 0 Å². The summed E-state index contributed by atoms with van der Waals surface area (Å²) in [6, 6.07) is 3.48. The highest BCUT2D eigenvalue weighted by atomic mass is 16.6. The Morgan fingerprint density at radius 1 is 1.00 bits per heavy atom. The molecule has 0 amide bonds. The molecule has 4 heterocycles. The Hall–Kier alpha value is -2.46. The number of nitro groups is 1. The maximum atomic E-state index is 10.5. The molecule has 142 valence electrons. The largest absolute Gasteiger partial charge is 0.390 e. The summed E-state index contributed by atoms with van der Waals surface area (Å²) >= 11 is 0. The van der Waals surface area contributed by atoms with Crippen molar-refractivity contribution in [1.29, 1.82) is 0 Å². The zero-order valence-corrected chi connectivity index (χ0v) is 15.3. The number of nitrogen functional groups attached to an aromatic ring is 1. The molecule has 0 aliphatic carbocycles. The minimum atomic E-state index is -0.459. The Kier molecular flexibility index (Phi) is 5.52. The molecule has 10 heteroatoms. The number of likely N-dealkylation sites (tertiary alicyclic amines) is 2. The average Bonchev–Trinajstić information content (AvgIpc) is 3.02. The summed E-state index contributed by atoms with van der Waals surface area (Å²) in [6.45, 7) is 6.34. The summed E-state index contributed by atoms with van der Waals surface area (Å²) in [6.07, 6.45) is 2.55. The van der Waals surface area contributed by atoms with E-state index in [2.05, 4.69) is 20.0 Å². The fourth-order valence-corrected chi connectivity index (χ4v) is 2.94. The van der Waals surface area contributed by atoms with Gasteiger partial charge in [0.25, 0.3) is 0 Å². The fraction of sp³-hybridized carbons (Fsp3) is 0.625. The standard InChI is InChI=1S/C8H12N4O2.C8H14N4/c1-10-7(6-11-3-2-4-11)5-8(9-10)12(13)14;1-11-7(5-8(9)10-11)6-12-3-2-4-12/h5H,2-4,6H2,1H3;5H,2-4,6H2,1H3,(H2,9,10). The van der Waals surface area contributed by atoms with Gasteiger partial charge in [0.05, 0.1) is 29.6 Å². The van der Waals surface area contributed by atoms with Crippen LogP contribution in [0.3, 0.4) is 0 Å². The van der Waals surface area contributed by atoms with Crippen LogP contribution in [0.4, 0.5) is 11.6 Å². The Balaban J connectivity index is 0.000000152. The lowest BCUT2D eigenvalue weighted by atomic mass is 10.2. The van der Waals surface area contributed by atoms with Gasteiger partial charge in [-0.1, -0.05) is 0 Å². The quantitative estimate of drug-likeness (QED) is 0.617. The highest BCUT2D eigenvalue weighted by molar-refractivity contribution is 5.29. The van der Waals surface area contributed by atoms with Crippen LogP contribution in [0.1, 0.15) is 24.2 Å². The van der Waals surface area contributed by atoms with Gasteiger partial charge in [-0.05, 0) is 43.9 Å². The van der Waals surface area contributed by atoms with Gasteiger partial charge >= 0.3 is 5.82 Å². The second-order valence-corrected chi connectivity index (χ2v) is 6.82. The van der Waals surface area contributed by atoms with E-state index >= 15 is 0 Å². The van der Waals surface area contributed by atoms with Gasteiger partial charge in [0.2, 0.25) is 0 Å². The lowest BCUT2D eigenvalue weighted by Gasteiger charge is -2.30. The molecular weight excluding hydrogens is 336 g/mol. The molecule has 2 aliphatic rings. The molecule has 4 rings (SSSR count). The molecule has 0 atom stereocenters. The van der Waals surface area contributed by atoms with E-state index in [1.165, 1.54) is 31.6 Å². The van der Waals surface area contributed by atoms with E-state index in [0.717, 1.165) is 31.9 Å². The van der Waals surface area contributed by atoms with Gasteiger partial charge in [0, 0.05) is 26.2 Å². The van der Waals surface area contributed by atoms with Gasteiger partial charge < -0.3 is 15.8 Å². The molecule has 2 aromatic heterocycles. The first-order chi connectivity index (χ1) is 12.4. The van der Waals surface area contributed by atoms with Crippen LogP contribution in [0, 0.1) is 10.1 Å². The third-order valence-corrected chi connectivity index (χ3v) is 4.82. The summed E-state index contributed by atoms with van der Waals surface area (Å²) in [5.41, 5.74) is 7.66. The van der Waals surface area contributed by atoms with E-state index < -0.39 is 4.92 Å². The first-order valence-corrected chi connectivity index (χ1v) is 8.83. The molecule has 26 heavy (non-hydrogen) atoms. The number of aromatic nitrogens is 4. The Morgan fingerprint density at radius 3 is 1.85 bits per heavy atom. The second-order valence-electron chi connectivity index (χ2n) is 6.82. The third-order valence-electron chi connectivity index (χ3n) is 4.82. The minimum absolute atomic E-state index is 0.0666. The normalized spacial score (nSPS) is 17.2. The van der Waals surface area contributed by atoms with Gasteiger partial charge in [-0.2, -0.15) is 9.78 Å². The molecule has 0 spiro atoms. The van der Waals surface area contributed by atoms with Crippen LogP contribution in [0.15, 0.2) is 12.1 Å². The highest BCUT2D eigenvalue weighted by Crippen LogP contribution is 2.16. The molecule has 0 radical (unpaired) electrons. The Labute approximate surface area is 152 Å². The molecule has 2 saturated heterocycles. The summed E-state index contributed by atoms with van der Waals surface area (Å²) < 4.78 is 3.43. The number of aryl methyl sites for hydroxylation is 2. The molecule has 0 saturated carbocycles. The number of nitrogens with two attached hydrogens (primary N) is 1. The molecular formula is C16H26N8O2. The number of rotatable bonds is 5. The van der Waals surface area contributed by atoms with Crippen LogP contribution < -0.4 is 5.73 Å². The average molecular weight is 362 g/mol. The lowest BCUT2D eigenvalue weighted by Crippen LogP contribution is -2.36. The van der Waals surface area contributed by atoms with E-state index in [0.29, 0.717) is 5.82 Å². The zero-order valence-electron chi connectivity index (χ0n) is 15.3. The number of hydrogen-bond acceptors (Lipinski definition) is 7. The van der Waals surface area contributed by atoms with Gasteiger partial charge in [-0.15, -0.1) is 0 Å². The monoisotopic (exact) mass is 362 g/mol. The molecule has 2 fully saturated rings. The predicted octanol–water partition coefficient (Wildman–Crippen LogP) is 0.742. The maximum absolute atomic E-state index is 10.5. The van der Waals surface area contributed by atoms with Crippen LogP contribution in [0.5, 0.6) is 0 Å². The van der Waals surface area contributed by atoms with Crippen LogP contribution in [-0.2, 0) is 27.2 Å². The number of hydrogen-bond donors (Lipinski definition) is 1. The first-order valence-electron chi connectivity index (χ1n) is 8.83. The Morgan fingerprint density at radius 2 is 1.50 bits per heavy atom. The van der Waals surface area contributed by atoms with Crippen molar-refractivity contribution in [3.63, 3.8) is 0 Å². The zero-order chi connectivity index (χ0) is 18.7. The van der Waals surface area contributed by atoms with E-state index in [1.807, 2.05) is 17.8 Å². The van der Waals surface area contributed by atoms with E-state index in [-0.39, 0.29) is 5.82 Å². The molecule has 2 aliphatic heterocycles. The molecule has 0 aromatic carbocycles. The Bertz CT molecular complexity index is 760. The van der Waals surface area contributed by atoms with Crippen molar-refractivity contribution in [3.8, 4) is 0 Å². The van der Waals surface area contributed by atoms with Crippen molar-refractivity contribution in [1.82, 2.24) is 29.4 Å². The minimum Gasteiger partial charge on any atom is -0.382 e. The summed E-state index contributed by atoms with van der Waals surface area (Å²) in [5, 5.41) is 18.4. The van der Waals surface area contributed by atoms with Gasteiger partial charge in [-0.25, -0.2) is 0 Å². The summed E-state index contributed by atoms with van der Waals surface area (Å²) in [5.74, 6) is 0.552. The van der Waals surface area contributed by atoms with Crippen molar-refractivity contribution in [2.45, 2.75) is 25.9 Å². The van der Waals surface area contributed by atoms with E-state index in [1.54, 1.807) is 17.8 Å². The van der Waals surface area contributed by atoms with Gasteiger partial charge in [-0.3, -0.25) is 14.5 Å². The van der Waals surface area contributed by atoms with Crippen molar-refractivity contribution in [2.75, 3.05) is 31.9 Å². The van der Waals surface area contributed by atoms with Crippen molar-refractivity contribution >= 4 is 11.6 Å². The smallest absolute Gasteiger partial charge is 0.382 e. The van der Waals surface area contributed by atoms with Crippen LogP contribution in [0.2, 0.25) is 0 Å². The second kappa shape index (κ2) is 7.83. The van der Waals surface area contributed by atoms with Crippen LogP contribution >= 0.6 is 0 Å². The highest BCUT2D eigenvalue weighted by Gasteiger charge is 2.20. The van der Waals surface area contributed by atoms with Crippen molar-refractivity contribution < 1.29 is 4.92 Å². The lowest BCUT2D eigenvalue weighted by molar-refractivity contribution is -0.389. The summed E-state index contributed by atoms with van der Waals surface area (Å²) in [7, 11) is 3.67. The molecule has 2 aromatic rings. The van der Waals surface area contributed by atoms with E-state index in [4.69, 9.17) is 5.73 Å². The maximum Gasteiger partial charge on any atom is 0.390 e. The molecule has 0 unspecified atom stereocenters. The van der Waals surface area contributed by atoms with Crippen molar-refractivity contribution in [2.24, 2.45) is 14.1 Å². The number of nitrogens with zero attached hydrogens (tertiary/aromatic N) is 7.